The Hall–Kier alpha value is -2.40. The lowest BCUT2D eigenvalue weighted by atomic mass is 10.1. The molecule has 2 aromatic carbocycles. The molecule has 2 aromatic rings. The Kier molecular flexibility index (Phi) is 3.77. The van der Waals surface area contributed by atoms with Gasteiger partial charge in [0.15, 0.2) is 0 Å². The average Bonchev–Trinajstić information content (AvgIpc) is 2.39. The van der Waals surface area contributed by atoms with Gasteiger partial charge in [0, 0.05) is 5.69 Å². The van der Waals surface area contributed by atoms with Gasteiger partial charge in [0.2, 0.25) is 0 Å². The van der Waals surface area contributed by atoms with E-state index in [1.807, 2.05) is 0 Å². The van der Waals surface area contributed by atoms with Crippen LogP contribution in [-0.2, 0) is 0 Å². The molecule has 0 aliphatic carbocycles. The quantitative estimate of drug-likeness (QED) is 0.689. The third-order valence-corrected chi connectivity index (χ3v) is 2.75. The van der Waals surface area contributed by atoms with Crippen molar-refractivity contribution in [1.29, 1.82) is 0 Å². The number of amides is 1. The molecule has 0 aliphatic heterocycles. The molecule has 1 amide bonds. The molecule has 2 rings (SSSR count). The first kappa shape index (κ1) is 13.0. The molecule has 0 aromatic heterocycles. The molecule has 0 spiro atoms. The molecule has 0 bridgehead atoms. The van der Waals surface area contributed by atoms with Crippen LogP contribution < -0.4 is 5.32 Å². The van der Waals surface area contributed by atoms with Crippen molar-refractivity contribution in [3.8, 4) is 0 Å². The SMILES string of the molecule is O=C(Nc1ccccc1)c1cccc(Cl)c1[N+](=O)[O-]. The highest BCUT2D eigenvalue weighted by Gasteiger charge is 2.23. The Labute approximate surface area is 114 Å². The zero-order chi connectivity index (χ0) is 13.8. The molecule has 6 heteroatoms. The van der Waals surface area contributed by atoms with Crippen LogP contribution in [0.3, 0.4) is 0 Å². The second-order valence-corrected chi connectivity index (χ2v) is 4.12. The topological polar surface area (TPSA) is 72.2 Å². The molecule has 0 heterocycles. The summed E-state index contributed by atoms with van der Waals surface area (Å²) in [6, 6.07) is 12.9. The summed E-state index contributed by atoms with van der Waals surface area (Å²) in [5.41, 5.74) is 0.0979. The van der Waals surface area contributed by atoms with E-state index < -0.39 is 16.5 Å². The third kappa shape index (κ3) is 2.89. The maximum absolute atomic E-state index is 12.0. The second kappa shape index (κ2) is 5.49. The number of anilines is 1. The molecule has 5 nitrogen and oxygen atoms in total. The van der Waals surface area contributed by atoms with Gasteiger partial charge in [-0.3, -0.25) is 14.9 Å². The van der Waals surface area contributed by atoms with E-state index in [-0.39, 0.29) is 10.6 Å². The molecule has 19 heavy (non-hydrogen) atoms. The van der Waals surface area contributed by atoms with Crippen molar-refractivity contribution < 1.29 is 9.72 Å². The van der Waals surface area contributed by atoms with E-state index in [4.69, 9.17) is 11.6 Å². The molecule has 0 aliphatic rings. The standard InChI is InChI=1S/C13H9ClN2O3/c14-11-8-4-7-10(12(11)16(18)19)13(17)15-9-5-2-1-3-6-9/h1-8H,(H,15,17). The van der Waals surface area contributed by atoms with Crippen LogP contribution in [0, 0.1) is 10.1 Å². The Morgan fingerprint density at radius 1 is 1.11 bits per heavy atom. The molecule has 0 saturated carbocycles. The highest BCUT2D eigenvalue weighted by molar-refractivity contribution is 6.33. The lowest BCUT2D eigenvalue weighted by Gasteiger charge is -2.06. The van der Waals surface area contributed by atoms with Crippen LogP contribution in [0.25, 0.3) is 0 Å². The number of nitro groups is 1. The molecular formula is C13H9ClN2O3. The summed E-state index contributed by atoms with van der Waals surface area (Å²) in [6.07, 6.45) is 0. The monoisotopic (exact) mass is 276 g/mol. The maximum Gasteiger partial charge on any atom is 0.300 e. The van der Waals surface area contributed by atoms with Gasteiger partial charge in [-0.1, -0.05) is 35.9 Å². The van der Waals surface area contributed by atoms with Crippen molar-refractivity contribution in [1.82, 2.24) is 0 Å². The summed E-state index contributed by atoms with van der Waals surface area (Å²) in [5, 5.41) is 13.5. The molecular weight excluding hydrogens is 268 g/mol. The number of nitrogens with one attached hydrogen (secondary N) is 1. The van der Waals surface area contributed by atoms with Crippen molar-refractivity contribution in [2.45, 2.75) is 0 Å². The molecule has 0 fully saturated rings. The smallest absolute Gasteiger partial charge is 0.300 e. The van der Waals surface area contributed by atoms with Crippen molar-refractivity contribution >= 4 is 28.9 Å². The number of rotatable bonds is 3. The Morgan fingerprint density at radius 3 is 2.42 bits per heavy atom. The summed E-state index contributed by atoms with van der Waals surface area (Å²) in [5.74, 6) is -0.569. The fourth-order valence-electron chi connectivity index (χ4n) is 1.60. The van der Waals surface area contributed by atoms with Gasteiger partial charge in [-0.15, -0.1) is 0 Å². The summed E-state index contributed by atoms with van der Waals surface area (Å²) >= 11 is 5.75. The fraction of sp³-hybridized carbons (Fsp3) is 0. The lowest BCUT2D eigenvalue weighted by molar-refractivity contribution is -0.385. The van der Waals surface area contributed by atoms with E-state index in [2.05, 4.69) is 5.32 Å². The number of nitro benzene ring substituents is 1. The number of hydrogen-bond donors (Lipinski definition) is 1. The summed E-state index contributed by atoms with van der Waals surface area (Å²) < 4.78 is 0. The summed E-state index contributed by atoms with van der Waals surface area (Å²) in [6.45, 7) is 0. The number of benzene rings is 2. The Bertz CT molecular complexity index is 629. The predicted octanol–water partition coefficient (Wildman–Crippen LogP) is 3.50. The van der Waals surface area contributed by atoms with E-state index in [1.54, 1.807) is 30.3 Å². The van der Waals surface area contributed by atoms with Crippen LogP contribution in [-0.4, -0.2) is 10.8 Å². The average molecular weight is 277 g/mol. The first-order chi connectivity index (χ1) is 9.09. The molecule has 0 unspecified atom stereocenters. The summed E-state index contributed by atoms with van der Waals surface area (Å²) in [4.78, 5) is 22.3. The van der Waals surface area contributed by atoms with Gasteiger partial charge < -0.3 is 5.32 Å². The van der Waals surface area contributed by atoms with E-state index in [9.17, 15) is 14.9 Å². The molecule has 96 valence electrons. The number of carbonyl (C=O) groups is 1. The number of para-hydroxylation sites is 2. The third-order valence-electron chi connectivity index (χ3n) is 2.45. The number of carbonyl (C=O) groups excluding carboxylic acids is 1. The van der Waals surface area contributed by atoms with Crippen LogP contribution in [0.4, 0.5) is 11.4 Å². The van der Waals surface area contributed by atoms with Crippen LogP contribution in [0.2, 0.25) is 5.02 Å². The van der Waals surface area contributed by atoms with Crippen molar-refractivity contribution in [2.24, 2.45) is 0 Å². The van der Waals surface area contributed by atoms with E-state index >= 15 is 0 Å². The number of hydrogen-bond acceptors (Lipinski definition) is 3. The van der Waals surface area contributed by atoms with Gasteiger partial charge in [0.25, 0.3) is 5.91 Å². The van der Waals surface area contributed by atoms with Crippen LogP contribution in [0.5, 0.6) is 0 Å². The van der Waals surface area contributed by atoms with Gasteiger partial charge in [-0.05, 0) is 24.3 Å². The largest absolute Gasteiger partial charge is 0.322 e. The van der Waals surface area contributed by atoms with Gasteiger partial charge in [-0.25, -0.2) is 0 Å². The zero-order valence-electron chi connectivity index (χ0n) is 9.67. The van der Waals surface area contributed by atoms with Crippen molar-refractivity contribution in [3.05, 3.63) is 69.2 Å². The minimum absolute atomic E-state index is 0.0642. The van der Waals surface area contributed by atoms with Gasteiger partial charge in [-0.2, -0.15) is 0 Å². The van der Waals surface area contributed by atoms with Gasteiger partial charge in [0.05, 0.1) is 4.92 Å². The highest BCUT2D eigenvalue weighted by atomic mass is 35.5. The summed E-state index contributed by atoms with van der Waals surface area (Å²) in [7, 11) is 0. The second-order valence-electron chi connectivity index (χ2n) is 3.71. The highest BCUT2D eigenvalue weighted by Crippen LogP contribution is 2.28. The number of nitrogens with zero attached hydrogens (tertiary/aromatic N) is 1. The van der Waals surface area contributed by atoms with Gasteiger partial charge in [0.1, 0.15) is 10.6 Å². The van der Waals surface area contributed by atoms with Gasteiger partial charge >= 0.3 is 5.69 Å². The van der Waals surface area contributed by atoms with Crippen molar-refractivity contribution in [2.75, 3.05) is 5.32 Å². The first-order valence-corrected chi connectivity index (χ1v) is 5.76. The first-order valence-electron chi connectivity index (χ1n) is 5.39. The van der Waals surface area contributed by atoms with Crippen LogP contribution in [0.1, 0.15) is 10.4 Å². The number of halogens is 1. The maximum atomic E-state index is 12.0. The minimum Gasteiger partial charge on any atom is -0.322 e. The minimum atomic E-state index is -0.664. The predicted molar refractivity (Wildman–Crippen MR) is 72.5 cm³/mol. The fourth-order valence-corrected chi connectivity index (χ4v) is 1.85. The van der Waals surface area contributed by atoms with Crippen molar-refractivity contribution in [3.63, 3.8) is 0 Å². The molecule has 0 saturated heterocycles. The van der Waals surface area contributed by atoms with Crippen LogP contribution >= 0.6 is 11.6 Å². The Balaban J connectivity index is 2.35. The molecule has 0 atom stereocenters. The zero-order valence-corrected chi connectivity index (χ0v) is 10.4. The van der Waals surface area contributed by atoms with E-state index in [0.29, 0.717) is 5.69 Å². The Morgan fingerprint density at radius 2 is 1.79 bits per heavy atom. The van der Waals surface area contributed by atoms with Crippen LogP contribution in [0.15, 0.2) is 48.5 Å². The van der Waals surface area contributed by atoms with E-state index in [1.165, 1.54) is 18.2 Å². The molecule has 0 radical (unpaired) electrons. The molecule has 1 N–H and O–H groups in total. The normalized spacial score (nSPS) is 9.95. The van der Waals surface area contributed by atoms with E-state index in [0.717, 1.165) is 0 Å². The lowest BCUT2D eigenvalue weighted by Crippen LogP contribution is -2.14.